The molecule has 0 N–H and O–H groups in total. The second-order valence-electron chi connectivity index (χ2n) is 5.57. The maximum atomic E-state index is 11.7. The van der Waals surface area contributed by atoms with E-state index in [0.29, 0.717) is 25.6 Å². The van der Waals surface area contributed by atoms with E-state index in [1.807, 2.05) is 49.4 Å². The van der Waals surface area contributed by atoms with Gasteiger partial charge in [-0.3, -0.25) is 0 Å². The number of esters is 1. The van der Waals surface area contributed by atoms with Gasteiger partial charge in [-0.05, 0) is 42.8 Å². The number of fused-ring (bicyclic) bond motifs is 1. The highest BCUT2D eigenvalue weighted by molar-refractivity contribution is 5.87. The van der Waals surface area contributed by atoms with Crippen LogP contribution in [0.25, 0.3) is 6.08 Å². The minimum absolute atomic E-state index is 0.193. The fourth-order valence-corrected chi connectivity index (χ4v) is 2.31. The highest BCUT2D eigenvalue weighted by Crippen LogP contribution is 2.31. The van der Waals surface area contributed by atoms with E-state index in [-0.39, 0.29) is 6.61 Å². The van der Waals surface area contributed by atoms with Gasteiger partial charge in [0.25, 0.3) is 0 Å². The van der Waals surface area contributed by atoms with Crippen molar-refractivity contribution in [3.8, 4) is 17.2 Å². The molecular formula is C20H20O5. The van der Waals surface area contributed by atoms with Crippen LogP contribution in [0.4, 0.5) is 0 Å². The van der Waals surface area contributed by atoms with Crippen molar-refractivity contribution in [2.45, 2.75) is 6.92 Å². The smallest absolute Gasteiger partial charge is 0.330 e. The Morgan fingerprint density at radius 1 is 1.04 bits per heavy atom. The molecule has 5 heteroatoms. The number of hydrogen-bond donors (Lipinski definition) is 0. The highest BCUT2D eigenvalue weighted by atomic mass is 16.6. The van der Waals surface area contributed by atoms with Crippen LogP contribution >= 0.6 is 0 Å². The lowest BCUT2D eigenvalue weighted by atomic mass is 10.2. The standard InChI is InChI=1S/C20H20O5/c1-15-2-6-17(7-3-15)22-10-13-25-20(21)9-5-16-4-8-18-19(14-16)24-12-11-23-18/h2-9,14H,10-13H2,1H3/b9-5+. The Morgan fingerprint density at radius 3 is 2.60 bits per heavy atom. The summed E-state index contributed by atoms with van der Waals surface area (Å²) in [6.07, 6.45) is 3.07. The average Bonchev–Trinajstić information content (AvgIpc) is 2.65. The zero-order chi connectivity index (χ0) is 17.5. The van der Waals surface area contributed by atoms with Crippen LogP contribution in [0.1, 0.15) is 11.1 Å². The minimum Gasteiger partial charge on any atom is -0.490 e. The van der Waals surface area contributed by atoms with E-state index < -0.39 is 5.97 Å². The third kappa shape index (κ3) is 5.01. The predicted octanol–water partition coefficient (Wildman–Crippen LogP) is 3.40. The van der Waals surface area contributed by atoms with Crippen LogP contribution in [-0.2, 0) is 9.53 Å². The zero-order valence-corrected chi connectivity index (χ0v) is 14.1. The molecule has 2 aromatic rings. The molecule has 0 unspecified atom stereocenters. The van der Waals surface area contributed by atoms with Gasteiger partial charge in [0.2, 0.25) is 0 Å². The molecule has 0 fully saturated rings. The number of hydrogen-bond acceptors (Lipinski definition) is 5. The minimum atomic E-state index is -0.414. The van der Waals surface area contributed by atoms with Crippen molar-refractivity contribution < 1.29 is 23.7 Å². The maximum Gasteiger partial charge on any atom is 0.330 e. The molecule has 0 spiro atoms. The van der Waals surface area contributed by atoms with E-state index in [4.69, 9.17) is 18.9 Å². The molecule has 2 aromatic carbocycles. The number of ether oxygens (including phenoxy) is 4. The van der Waals surface area contributed by atoms with Gasteiger partial charge in [-0.2, -0.15) is 0 Å². The van der Waals surface area contributed by atoms with Crippen LogP contribution in [0.2, 0.25) is 0 Å². The first kappa shape index (κ1) is 16.9. The van der Waals surface area contributed by atoms with E-state index in [2.05, 4.69) is 0 Å². The van der Waals surface area contributed by atoms with Crippen molar-refractivity contribution in [1.29, 1.82) is 0 Å². The largest absolute Gasteiger partial charge is 0.490 e. The molecule has 0 bridgehead atoms. The fraction of sp³-hybridized carbons (Fsp3) is 0.250. The summed E-state index contributed by atoms with van der Waals surface area (Å²) in [4.78, 5) is 11.7. The highest BCUT2D eigenvalue weighted by Gasteiger charge is 2.10. The monoisotopic (exact) mass is 340 g/mol. The van der Waals surface area contributed by atoms with E-state index in [1.165, 1.54) is 11.6 Å². The Bertz CT molecular complexity index is 749. The van der Waals surface area contributed by atoms with Crippen LogP contribution < -0.4 is 14.2 Å². The molecule has 25 heavy (non-hydrogen) atoms. The van der Waals surface area contributed by atoms with Gasteiger partial charge in [-0.1, -0.05) is 23.8 Å². The second kappa shape index (κ2) is 8.24. The Hall–Kier alpha value is -2.95. The predicted molar refractivity (Wildman–Crippen MR) is 94.1 cm³/mol. The second-order valence-corrected chi connectivity index (χ2v) is 5.57. The molecule has 0 aliphatic carbocycles. The average molecular weight is 340 g/mol. The molecule has 3 rings (SSSR count). The van der Waals surface area contributed by atoms with Gasteiger partial charge < -0.3 is 18.9 Å². The normalized spacial score (nSPS) is 12.8. The maximum absolute atomic E-state index is 11.7. The summed E-state index contributed by atoms with van der Waals surface area (Å²) in [5, 5.41) is 0. The SMILES string of the molecule is Cc1ccc(OCCOC(=O)/C=C/c2ccc3c(c2)OCCO3)cc1. The summed E-state index contributed by atoms with van der Waals surface area (Å²) in [5.74, 6) is 1.75. The molecule has 0 saturated carbocycles. The third-order valence-corrected chi connectivity index (χ3v) is 3.60. The van der Waals surface area contributed by atoms with Crippen molar-refractivity contribution in [3.63, 3.8) is 0 Å². The molecule has 5 nitrogen and oxygen atoms in total. The Morgan fingerprint density at radius 2 is 1.80 bits per heavy atom. The van der Waals surface area contributed by atoms with Crippen molar-refractivity contribution in [2.75, 3.05) is 26.4 Å². The van der Waals surface area contributed by atoms with Gasteiger partial charge in [0.1, 0.15) is 32.2 Å². The Kier molecular flexibility index (Phi) is 5.57. The molecule has 0 radical (unpaired) electrons. The van der Waals surface area contributed by atoms with Gasteiger partial charge in [-0.15, -0.1) is 0 Å². The van der Waals surface area contributed by atoms with Crippen molar-refractivity contribution >= 4 is 12.0 Å². The molecule has 130 valence electrons. The van der Waals surface area contributed by atoms with E-state index >= 15 is 0 Å². The molecule has 1 aliphatic rings. The van der Waals surface area contributed by atoms with E-state index in [1.54, 1.807) is 6.08 Å². The lowest BCUT2D eigenvalue weighted by Gasteiger charge is -2.18. The van der Waals surface area contributed by atoms with Gasteiger partial charge in [0, 0.05) is 6.08 Å². The summed E-state index contributed by atoms with van der Waals surface area (Å²) < 4.78 is 21.6. The van der Waals surface area contributed by atoms with Gasteiger partial charge >= 0.3 is 5.97 Å². The number of carbonyl (C=O) groups excluding carboxylic acids is 1. The van der Waals surface area contributed by atoms with Crippen molar-refractivity contribution in [3.05, 3.63) is 59.7 Å². The number of aryl methyl sites for hydroxylation is 1. The van der Waals surface area contributed by atoms with Crippen LogP contribution in [-0.4, -0.2) is 32.4 Å². The summed E-state index contributed by atoms with van der Waals surface area (Å²) in [6.45, 7) is 3.60. The molecule has 1 heterocycles. The zero-order valence-electron chi connectivity index (χ0n) is 14.1. The molecule has 0 aromatic heterocycles. The van der Waals surface area contributed by atoms with Crippen molar-refractivity contribution in [2.24, 2.45) is 0 Å². The first-order chi connectivity index (χ1) is 12.2. The lowest BCUT2D eigenvalue weighted by molar-refractivity contribution is -0.138. The summed E-state index contributed by atoms with van der Waals surface area (Å²) in [6, 6.07) is 13.2. The molecule has 0 atom stereocenters. The van der Waals surface area contributed by atoms with Crippen LogP contribution in [0, 0.1) is 6.92 Å². The van der Waals surface area contributed by atoms with Crippen LogP contribution in [0.5, 0.6) is 17.2 Å². The summed E-state index contributed by atoms with van der Waals surface area (Å²) in [7, 11) is 0. The first-order valence-electron chi connectivity index (χ1n) is 8.15. The summed E-state index contributed by atoms with van der Waals surface area (Å²) >= 11 is 0. The first-order valence-corrected chi connectivity index (χ1v) is 8.15. The molecule has 0 amide bonds. The topological polar surface area (TPSA) is 54.0 Å². The van der Waals surface area contributed by atoms with Crippen LogP contribution in [0.15, 0.2) is 48.5 Å². The van der Waals surface area contributed by atoms with Gasteiger partial charge in [0.15, 0.2) is 11.5 Å². The number of benzene rings is 2. The lowest BCUT2D eigenvalue weighted by Crippen LogP contribution is -2.15. The van der Waals surface area contributed by atoms with Gasteiger partial charge in [0.05, 0.1) is 0 Å². The van der Waals surface area contributed by atoms with E-state index in [9.17, 15) is 4.79 Å². The Labute approximate surface area is 146 Å². The fourth-order valence-electron chi connectivity index (χ4n) is 2.31. The number of rotatable bonds is 6. The Balaban J connectivity index is 1.42. The molecular weight excluding hydrogens is 320 g/mol. The molecule has 0 saturated heterocycles. The number of carbonyl (C=O) groups is 1. The van der Waals surface area contributed by atoms with Crippen LogP contribution in [0.3, 0.4) is 0 Å². The quantitative estimate of drug-likeness (QED) is 0.458. The van der Waals surface area contributed by atoms with Gasteiger partial charge in [-0.25, -0.2) is 4.79 Å². The van der Waals surface area contributed by atoms with Crippen molar-refractivity contribution in [1.82, 2.24) is 0 Å². The van der Waals surface area contributed by atoms with E-state index in [0.717, 1.165) is 17.1 Å². The third-order valence-electron chi connectivity index (χ3n) is 3.60. The molecule has 1 aliphatic heterocycles. The summed E-state index contributed by atoms with van der Waals surface area (Å²) in [5.41, 5.74) is 2.01.